The first-order valence-corrected chi connectivity index (χ1v) is 8.88. The number of non-ortho nitro benzene ring substituents is 1. The van der Waals surface area contributed by atoms with E-state index in [1.54, 1.807) is 6.07 Å². The number of benzene rings is 2. The van der Waals surface area contributed by atoms with Gasteiger partial charge in [-0.05, 0) is 50.5 Å². The molecule has 0 bridgehead atoms. The first-order valence-electron chi connectivity index (χ1n) is 8.88. The lowest BCUT2D eigenvalue weighted by atomic mass is 10.0. The van der Waals surface area contributed by atoms with Gasteiger partial charge in [-0.25, -0.2) is 0 Å². The molecule has 2 aromatic carbocycles. The third-order valence-electron chi connectivity index (χ3n) is 4.95. The summed E-state index contributed by atoms with van der Waals surface area (Å²) in [7, 11) is 0. The number of carbonyl (C=O) groups excluding carboxylic acids is 1. The fraction of sp³-hybridized carbons (Fsp3) is 0.316. The van der Waals surface area contributed by atoms with Crippen LogP contribution in [0.5, 0.6) is 0 Å². The molecule has 1 amide bonds. The number of aryl methyl sites for hydroxylation is 1. The monoisotopic (exact) mass is 384 g/mol. The maximum Gasteiger partial charge on any atom is 0.279 e. The van der Waals surface area contributed by atoms with Crippen molar-refractivity contribution in [1.82, 2.24) is 0 Å². The third kappa shape index (κ3) is 3.78. The van der Waals surface area contributed by atoms with Crippen molar-refractivity contribution in [3.8, 4) is 0 Å². The molecule has 1 heterocycles. The van der Waals surface area contributed by atoms with Gasteiger partial charge in [-0.1, -0.05) is 0 Å². The van der Waals surface area contributed by atoms with Gasteiger partial charge >= 0.3 is 0 Å². The number of rotatable bonds is 5. The summed E-state index contributed by atoms with van der Waals surface area (Å²) < 4.78 is 0. The topological polar surface area (TPSA) is 119 Å². The molecular formula is C19H20N4O5. The average Bonchev–Trinajstić information content (AvgIpc) is 3.17. The van der Waals surface area contributed by atoms with E-state index in [-0.39, 0.29) is 11.1 Å². The Morgan fingerprint density at radius 2 is 1.71 bits per heavy atom. The maximum atomic E-state index is 12.7. The summed E-state index contributed by atoms with van der Waals surface area (Å²) in [4.78, 5) is 35.8. The molecule has 146 valence electrons. The van der Waals surface area contributed by atoms with Crippen LogP contribution in [0.15, 0.2) is 30.3 Å². The molecule has 9 nitrogen and oxygen atoms in total. The highest BCUT2D eigenvalue weighted by Crippen LogP contribution is 2.30. The zero-order valence-corrected chi connectivity index (χ0v) is 15.6. The number of carbonyl (C=O) groups is 1. The second kappa shape index (κ2) is 7.63. The molecule has 0 unspecified atom stereocenters. The highest BCUT2D eigenvalue weighted by atomic mass is 16.6. The molecule has 28 heavy (non-hydrogen) atoms. The largest absolute Gasteiger partial charge is 0.372 e. The van der Waals surface area contributed by atoms with Crippen LogP contribution in [0.1, 0.15) is 34.3 Å². The van der Waals surface area contributed by atoms with Crippen molar-refractivity contribution in [3.05, 3.63) is 67.3 Å². The van der Waals surface area contributed by atoms with Gasteiger partial charge in [-0.15, -0.1) is 0 Å². The molecule has 0 aliphatic carbocycles. The molecule has 0 saturated carbocycles. The molecule has 0 radical (unpaired) electrons. The minimum atomic E-state index is -0.751. The highest BCUT2D eigenvalue weighted by molar-refractivity contribution is 6.06. The van der Waals surface area contributed by atoms with Gasteiger partial charge in [0.25, 0.3) is 17.3 Å². The second-order valence-electron chi connectivity index (χ2n) is 6.80. The van der Waals surface area contributed by atoms with Gasteiger partial charge < -0.3 is 10.2 Å². The predicted octanol–water partition coefficient (Wildman–Crippen LogP) is 3.97. The lowest BCUT2D eigenvalue weighted by molar-refractivity contribution is -0.394. The van der Waals surface area contributed by atoms with Gasteiger partial charge in [-0.2, -0.15) is 0 Å². The van der Waals surface area contributed by atoms with Crippen LogP contribution in [-0.4, -0.2) is 28.8 Å². The van der Waals surface area contributed by atoms with Gasteiger partial charge in [0.1, 0.15) is 0 Å². The Morgan fingerprint density at radius 1 is 1.04 bits per heavy atom. The Kier molecular flexibility index (Phi) is 5.25. The van der Waals surface area contributed by atoms with E-state index < -0.39 is 27.1 Å². The van der Waals surface area contributed by atoms with Crippen LogP contribution in [0, 0.1) is 34.1 Å². The lowest BCUT2D eigenvalue weighted by Crippen LogP contribution is -2.18. The summed E-state index contributed by atoms with van der Waals surface area (Å²) in [5, 5.41) is 25.0. The van der Waals surface area contributed by atoms with Gasteiger partial charge in [0.15, 0.2) is 0 Å². The van der Waals surface area contributed by atoms with E-state index in [0.717, 1.165) is 49.3 Å². The predicted molar refractivity (Wildman–Crippen MR) is 105 cm³/mol. The fourth-order valence-corrected chi connectivity index (χ4v) is 3.36. The minimum Gasteiger partial charge on any atom is -0.372 e. The summed E-state index contributed by atoms with van der Waals surface area (Å²) in [6.07, 6.45) is 2.31. The molecule has 1 aliphatic heterocycles. The first-order chi connectivity index (χ1) is 13.3. The smallest absolute Gasteiger partial charge is 0.279 e. The zero-order valence-electron chi connectivity index (χ0n) is 15.6. The Labute approximate surface area is 161 Å². The van der Waals surface area contributed by atoms with Crippen molar-refractivity contribution < 1.29 is 14.6 Å². The number of hydrogen-bond donors (Lipinski definition) is 1. The quantitative estimate of drug-likeness (QED) is 0.615. The zero-order chi connectivity index (χ0) is 20.4. The van der Waals surface area contributed by atoms with E-state index in [0.29, 0.717) is 5.69 Å². The molecule has 1 N–H and O–H groups in total. The van der Waals surface area contributed by atoms with E-state index in [4.69, 9.17) is 0 Å². The standard InChI is InChI=1S/C19H20N4O5/c1-12-9-14(21-7-3-4-8-21)5-6-17(12)20-19(24)16-10-15(22(25)26)11-18(13(16)2)23(27)28/h5-6,9-11H,3-4,7-8H2,1-2H3,(H,20,24). The van der Waals surface area contributed by atoms with Crippen molar-refractivity contribution in [2.24, 2.45) is 0 Å². The number of amides is 1. The Balaban J connectivity index is 1.90. The van der Waals surface area contributed by atoms with E-state index in [9.17, 15) is 25.0 Å². The van der Waals surface area contributed by atoms with Crippen molar-refractivity contribution >= 4 is 28.7 Å². The number of nitro benzene ring substituents is 2. The number of anilines is 2. The molecule has 2 aromatic rings. The summed E-state index contributed by atoms with van der Waals surface area (Å²) in [5.41, 5.74) is 1.51. The average molecular weight is 384 g/mol. The van der Waals surface area contributed by atoms with Crippen LogP contribution < -0.4 is 10.2 Å². The number of hydrogen-bond acceptors (Lipinski definition) is 6. The van der Waals surface area contributed by atoms with Gasteiger partial charge in [0, 0.05) is 36.1 Å². The first kappa shape index (κ1) is 19.3. The van der Waals surface area contributed by atoms with E-state index in [2.05, 4.69) is 10.2 Å². The maximum absolute atomic E-state index is 12.7. The Hall–Kier alpha value is -3.49. The van der Waals surface area contributed by atoms with Crippen molar-refractivity contribution in [3.63, 3.8) is 0 Å². The van der Waals surface area contributed by atoms with E-state index in [1.165, 1.54) is 6.92 Å². The normalized spacial score (nSPS) is 13.4. The molecule has 0 atom stereocenters. The van der Waals surface area contributed by atoms with Crippen molar-refractivity contribution in [1.29, 1.82) is 0 Å². The van der Waals surface area contributed by atoms with Crippen LogP contribution in [0.2, 0.25) is 0 Å². The van der Waals surface area contributed by atoms with Crippen LogP contribution in [-0.2, 0) is 0 Å². The second-order valence-corrected chi connectivity index (χ2v) is 6.80. The lowest BCUT2D eigenvalue weighted by Gasteiger charge is -2.19. The molecule has 1 aliphatic rings. The molecule has 9 heteroatoms. The molecule has 0 aromatic heterocycles. The van der Waals surface area contributed by atoms with Gasteiger partial charge in [0.05, 0.1) is 21.5 Å². The number of nitrogens with zero attached hydrogens (tertiary/aromatic N) is 3. The fourth-order valence-electron chi connectivity index (χ4n) is 3.36. The number of nitrogens with one attached hydrogen (secondary N) is 1. The van der Waals surface area contributed by atoms with E-state index >= 15 is 0 Å². The Bertz CT molecular complexity index is 967. The molecule has 1 fully saturated rings. The van der Waals surface area contributed by atoms with Crippen LogP contribution in [0.25, 0.3) is 0 Å². The van der Waals surface area contributed by atoms with Crippen LogP contribution in [0.4, 0.5) is 22.7 Å². The molecule has 1 saturated heterocycles. The summed E-state index contributed by atoms with van der Waals surface area (Å²) >= 11 is 0. The number of nitro groups is 2. The summed E-state index contributed by atoms with van der Waals surface area (Å²) in [6, 6.07) is 7.59. The Morgan fingerprint density at radius 3 is 2.29 bits per heavy atom. The van der Waals surface area contributed by atoms with Crippen molar-refractivity contribution in [2.75, 3.05) is 23.3 Å². The summed E-state index contributed by atoms with van der Waals surface area (Å²) in [6.45, 7) is 5.27. The van der Waals surface area contributed by atoms with Gasteiger partial charge in [-0.3, -0.25) is 25.0 Å². The SMILES string of the molecule is Cc1cc(N2CCCC2)ccc1NC(=O)c1cc([N+](=O)[O-])cc([N+](=O)[O-])c1C. The van der Waals surface area contributed by atoms with E-state index in [1.807, 2.05) is 19.1 Å². The highest BCUT2D eigenvalue weighted by Gasteiger charge is 2.25. The van der Waals surface area contributed by atoms with Gasteiger partial charge in [0.2, 0.25) is 0 Å². The summed E-state index contributed by atoms with van der Waals surface area (Å²) in [5.74, 6) is -0.624. The van der Waals surface area contributed by atoms with Crippen molar-refractivity contribution in [2.45, 2.75) is 26.7 Å². The molecule has 0 spiro atoms. The third-order valence-corrected chi connectivity index (χ3v) is 4.95. The van der Waals surface area contributed by atoms with Crippen LogP contribution >= 0.6 is 0 Å². The molecule has 3 rings (SSSR count). The van der Waals surface area contributed by atoms with Crippen LogP contribution in [0.3, 0.4) is 0 Å². The molecular weight excluding hydrogens is 364 g/mol. The minimum absolute atomic E-state index is 0.0828.